The Bertz CT molecular complexity index is 1450. The monoisotopic (exact) mass is 422 g/mol. The molecule has 160 valence electrons. The molecule has 0 saturated carbocycles. The van der Waals surface area contributed by atoms with Crippen LogP contribution in [0.3, 0.4) is 0 Å². The Labute approximate surface area is 186 Å². The van der Waals surface area contributed by atoms with Crippen LogP contribution in [0.2, 0.25) is 0 Å². The van der Waals surface area contributed by atoms with E-state index in [4.69, 9.17) is 4.98 Å². The van der Waals surface area contributed by atoms with Crippen molar-refractivity contribution in [2.45, 2.75) is 34.1 Å². The summed E-state index contributed by atoms with van der Waals surface area (Å²) in [5.74, 6) is 0.616. The fourth-order valence-electron chi connectivity index (χ4n) is 3.97. The summed E-state index contributed by atoms with van der Waals surface area (Å²) in [4.78, 5) is 17.4. The number of rotatable bonds is 5. The summed E-state index contributed by atoms with van der Waals surface area (Å²) in [6, 6.07) is 10.2. The van der Waals surface area contributed by atoms with Crippen molar-refractivity contribution in [1.29, 1.82) is 0 Å². The number of pyridine rings is 3. The number of aromatic nitrogens is 6. The van der Waals surface area contributed by atoms with Gasteiger partial charge in [0, 0.05) is 35.1 Å². The van der Waals surface area contributed by atoms with Gasteiger partial charge in [-0.2, -0.15) is 5.10 Å². The molecule has 6 nitrogen and oxygen atoms in total. The molecular formula is C26H26N6. The van der Waals surface area contributed by atoms with Crippen molar-refractivity contribution in [2.75, 3.05) is 0 Å². The Morgan fingerprint density at radius 3 is 2.78 bits per heavy atom. The molecule has 0 amide bonds. The van der Waals surface area contributed by atoms with Gasteiger partial charge >= 0.3 is 0 Å². The molecule has 5 rings (SSSR count). The van der Waals surface area contributed by atoms with Crippen LogP contribution in [0.5, 0.6) is 0 Å². The SMILES string of the molecule is C/C(=C\CC(C)C)c1nccc2[nH]c(-c3n[nH]c4ccc(-c5cnccc5C)nc34)cc12. The molecule has 0 fully saturated rings. The highest BCUT2D eigenvalue weighted by Gasteiger charge is 2.16. The minimum atomic E-state index is 0.616. The Kier molecular flexibility index (Phi) is 5.05. The lowest BCUT2D eigenvalue weighted by Crippen LogP contribution is -1.89. The van der Waals surface area contributed by atoms with Crippen molar-refractivity contribution in [2.24, 2.45) is 5.92 Å². The van der Waals surface area contributed by atoms with E-state index in [1.807, 2.05) is 36.7 Å². The van der Waals surface area contributed by atoms with Crippen LogP contribution in [0.15, 0.2) is 55.0 Å². The molecule has 5 heterocycles. The predicted octanol–water partition coefficient (Wildman–Crippen LogP) is 6.32. The lowest BCUT2D eigenvalue weighted by atomic mass is 10.0. The maximum absolute atomic E-state index is 4.94. The van der Waals surface area contributed by atoms with Crippen LogP contribution >= 0.6 is 0 Å². The predicted molar refractivity (Wildman–Crippen MR) is 130 cm³/mol. The first-order valence-corrected chi connectivity index (χ1v) is 10.9. The van der Waals surface area contributed by atoms with Crippen molar-refractivity contribution in [3.8, 4) is 22.6 Å². The summed E-state index contributed by atoms with van der Waals surface area (Å²) in [6.07, 6.45) is 8.82. The van der Waals surface area contributed by atoms with E-state index in [9.17, 15) is 0 Å². The van der Waals surface area contributed by atoms with Gasteiger partial charge in [0.1, 0.15) is 11.2 Å². The first kappa shape index (κ1) is 20.1. The van der Waals surface area contributed by atoms with Crippen molar-refractivity contribution in [3.05, 3.63) is 66.3 Å². The van der Waals surface area contributed by atoms with Crippen LogP contribution in [0, 0.1) is 12.8 Å². The quantitative estimate of drug-likeness (QED) is 0.347. The molecule has 0 aliphatic heterocycles. The molecule has 0 atom stereocenters. The van der Waals surface area contributed by atoms with Gasteiger partial charge in [-0.05, 0) is 67.7 Å². The lowest BCUT2D eigenvalue weighted by molar-refractivity contribution is 0.664. The topological polar surface area (TPSA) is 83.1 Å². The average Bonchev–Trinajstić information content (AvgIpc) is 3.41. The normalized spacial score (nSPS) is 12.3. The smallest absolute Gasteiger partial charge is 0.135 e. The van der Waals surface area contributed by atoms with Crippen molar-refractivity contribution < 1.29 is 0 Å². The molecule has 0 aromatic carbocycles. The van der Waals surface area contributed by atoms with Crippen LogP contribution < -0.4 is 0 Å². The Morgan fingerprint density at radius 2 is 1.97 bits per heavy atom. The highest BCUT2D eigenvalue weighted by atomic mass is 15.1. The van der Waals surface area contributed by atoms with Crippen molar-refractivity contribution >= 4 is 27.5 Å². The summed E-state index contributed by atoms with van der Waals surface area (Å²) < 4.78 is 0. The largest absolute Gasteiger partial charge is 0.353 e. The molecule has 5 aromatic heterocycles. The van der Waals surface area contributed by atoms with Gasteiger partial charge in [-0.15, -0.1) is 0 Å². The second kappa shape index (κ2) is 8.04. The number of nitrogens with one attached hydrogen (secondary N) is 2. The zero-order valence-electron chi connectivity index (χ0n) is 18.8. The number of aromatic amines is 2. The molecule has 0 radical (unpaired) electrons. The molecule has 6 heteroatoms. The molecule has 0 aliphatic rings. The van der Waals surface area contributed by atoms with E-state index >= 15 is 0 Å². The summed E-state index contributed by atoms with van der Waals surface area (Å²) in [5.41, 5.74) is 9.74. The summed E-state index contributed by atoms with van der Waals surface area (Å²) >= 11 is 0. The van der Waals surface area contributed by atoms with Gasteiger partial charge in [-0.1, -0.05) is 19.9 Å². The molecule has 0 saturated heterocycles. The third-order valence-corrected chi connectivity index (χ3v) is 5.79. The van der Waals surface area contributed by atoms with Gasteiger partial charge in [0.05, 0.1) is 22.6 Å². The summed E-state index contributed by atoms with van der Waals surface area (Å²) in [5, 5.41) is 8.79. The third-order valence-electron chi connectivity index (χ3n) is 5.79. The number of H-pyrrole nitrogens is 2. The van der Waals surface area contributed by atoms with E-state index in [0.717, 1.165) is 62.3 Å². The maximum atomic E-state index is 4.94. The number of hydrogen-bond donors (Lipinski definition) is 2. The van der Waals surface area contributed by atoms with E-state index < -0.39 is 0 Å². The van der Waals surface area contributed by atoms with Gasteiger partial charge in [-0.25, -0.2) is 4.98 Å². The molecule has 0 spiro atoms. The maximum Gasteiger partial charge on any atom is 0.135 e. The fraction of sp³-hybridized carbons (Fsp3) is 0.231. The highest BCUT2D eigenvalue weighted by molar-refractivity contribution is 5.97. The lowest BCUT2D eigenvalue weighted by Gasteiger charge is -2.04. The van der Waals surface area contributed by atoms with Gasteiger partial charge in [-0.3, -0.25) is 15.1 Å². The molecular weight excluding hydrogens is 396 g/mol. The van der Waals surface area contributed by atoms with E-state index in [-0.39, 0.29) is 0 Å². The van der Waals surface area contributed by atoms with Gasteiger partial charge in [0.15, 0.2) is 0 Å². The zero-order chi connectivity index (χ0) is 22.2. The fourth-order valence-corrected chi connectivity index (χ4v) is 3.97. The molecule has 0 aliphatic carbocycles. The van der Waals surface area contributed by atoms with Crippen LogP contribution in [0.4, 0.5) is 0 Å². The van der Waals surface area contributed by atoms with E-state index in [2.05, 4.69) is 65.0 Å². The van der Waals surface area contributed by atoms with Crippen LogP contribution in [-0.4, -0.2) is 30.1 Å². The molecule has 32 heavy (non-hydrogen) atoms. The first-order chi connectivity index (χ1) is 15.5. The van der Waals surface area contributed by atoms with Gasteiger partial charge in [0.25, 0.3) is 0 Å². The van der Waals surface area contributed by atoms with Crippen LogP contribution in [0.25, 0.3) is 50.2 Å². The van der Waals surface area contributed by atoms with Crippen LogP contribution in [0.1, 0.15) is 38.4 Å². The van der Waals surface area contributed by atoms with Gasteiger partial charge in [0.2, 0.25) is 0 Å². The number of allylic oxidation sites excluding steroid dienone is 2. The van der Waals surface area contributed by atoms with E-state index in [0.29, 0.717) is 5.92 Å². The van der Waals surface area contributed by atoms with Gasteiger partial charge < -0.3 is 4.98 Å². The highest BCUT2D eigenvalue weighted by Crippen LogP contribution is 2.32. The minimum Gasteiger partial charge on any atom is -0.353 e. The molecule has 5 aromatic rings. The van der Waals surface area contributed by atoms with Crippen molar-refractivity contribution in [1.82, 2.24) is 30.1 Å². The zero-order valence-corrected chi connectivity index (χ0v) is 18.8. The molecule has 0 bridgehead atoms. The number of fused-ring (bicyclic) bond motifs is 2. The second-order valence-corrected chi connectivity index (χ2v) is 8.68. The van der Waals surface area contributed by atoms with Crippen molar-refractivity contribution in [3.63, 3.8) is 0 Å². The van der Waals surface area contributed by atoms with E-state index in [1.165, 1.54) is 5.57 Å². The van der Waals surface area contributed by atoms with E-state index in [1.54, 1.807) is 6.20 Å². The number of nitrogens with zero attached hydrogens (tertiary/aromatic N) is 4. The summed E-state index contributed by atoms with van der Waals surface area (Å²) in [6.45, 7) is 8.65. The average molecular weight is 423 g/mol. The third kappa shape index (κ3) is 3.58. The Morgan fingerprint density at radius 1 is 1.09 bits per heavy atom. The first-order valence-electron chi connectivity index (χ1n) is 10.9. The second-order valence-electron chi connectivity index (χ2n) is 8.68. The molecule has 0 unspecified atom stereocenters. The number of hydrogen-bond acceptors (Lipinski definition) is 4. The summed E-state index contributed by atoms with van der Waals surface area (Å²) in [7, 11) is 0. The Balaban J connectivity index is 1.62. The number of aryl methyl sites for hydroxylation is 1. The van der Waals surface area contributed by atoms with Crippen LogP contribution in [-0.2, 0) is 0 Å². The molecule has 2 N–H and O–H groups in total. The standard InChI is InChI=1S/C26H26N6/c1-15(2)5-6-17(4)24-18-13-23(29-21(18)10-12-28-24)26-25-22(31-32-26)8-7-20(30-25)19-14-27-11-9-16(19)3/h6-15,29H,5H2,1-4H3,(H,31,32)/b17-6+. The Hall–Kier alpha value is -3.80. The minimum absolute atomic E-state index is 0.616.